The molecule has 0 unspecified atom stereocenters. The average Bonchev–Trinajstić information content (AvgIpc) is 2.44. The lowest BCUT2D eigenvalue weighted by molar-refractivity contribution is -0.118. The first kappa shape index (κ1) is 16.1. The first-order valence-corrected chi connectivity index (χ1v) is 7.94. The van der Waals surface area contributed by atoms with Crippen molar-refractivity contribution < 1.29 is 4.79 Å². The number of thioether (sulfide) groups is 1. The van der Waals surface area contributed by atoms with E-state index in [2.05, 4.69) is 42.7 Å². The second-order valence-electron chi connectivity index (χ2n) is 4.42. The van der Waals surface area contributed by atoms with Crippen molar-refractivity contribution in [2.24, 2.45) is 0 Å². The summed E-state index contributed by atoms with van der Waals surface area (Å²) in [6.07, 6.45) is 2.16. The summed E-state index contributed by atoms with van der Waals surface area (Å²) < 4.78 is 0. The van der Waals surface area contributed by atoms with Crippen molar-refractivity contribution in [2.75, 3.05) is 18.8 Å². The van der Waals surface area contributed by atoms with E-state index < -0.39 is 0 Å². The van der Waals surface area contributed by atoms with Gasteiger partial charge >= 0.3 is 0 Å². The van der Waals surface area contributed by atoms with Gasteiger partial charge in [0.25, 0.3) is 0 Å². The van der Waals surface area contributed by atoms with Crippen LogP contribution in [0.3, 0.4) is 0 Å². The molecular weight excluding hydrogens is 256 g/mol. The molecule has 0 heterocycles. The van der Waals surface area contributed by atoms with Crippen LogP contribution in [0, 0.1) is 0 Å². The van der Waals surface area contributed by atoms with Gasteiger partial charge in [-0.05, 0) is 30.7 Å². The van der Waals surface area contributed by atoms with Gasteiger partial charge in [-0.3, -0.25) is 4.79 Å². The van der Waals surface area contributed by atoms with E-state index in [-0.39, 0.29) is 5.91 Å². The Labute approximate surface area is 120 Å². The third-order valence-corrected chi connectivity index (χ3v) is 3.69. The molecule has 4 heteroatoms. The van der Waals surface area contributed by atoms with Gasteiger partial charge in [-0.1, -0.05) is 32.4 Å². The van der Waals surface area contributed by atoms with E-state index in [1.807, 2.05) is 6.07 Å². The summed E-state index contributed by atoms with van der Waals surface area (Å²) in [5, 5.41) is 6.23. The lowest BCUT2D eigenvalue weighted by Crippen LogP contribution is -2.25. The fraction of sp³-hybridized carbons (Fsp3) is 0.533. The Kier molecular flexibility index (Phi) is 8.34. The van der Waals surface area contributed by atoms with E-state index in [4.69, 9.17) is 0 Å². The number of carbonyl (C=O) groups excluding carboxylic acids is 1. The summed E-state index contributed by atoms with van der Waals surface area (Å²) in [6, 6.07) is 8.35. The minimum atomic E-state index is 0.121. The van der Waals surface area contributed by atoms with E-state index in [0.29, 0.717) is 5.75 Å². The third-order valence-electron chi connectivity index (χ3n) is 2.70. The number of rotatable bonds is 9. The molecule has 2 N–H and O–H groups in total. The average molecular weight is 280 g/mol. The smallest absolute Gasteiger partial charge is 0.230 e. The molecule has 0 saturated carbocycles. The standard InChI is InChI=1S/C15H24N2OS/c1-3-5-9-17-15(18)12-19-14-8-6-7-13(10-14)11-16-4-2/h6-8,10,16H,3-5,9,11-12H2,1-2H3,(H,17,18). The van der Waals surface area contributed by atoms with Crippen LogP contribution < -0.4 is 10.6 Å². The molecule has 0 aliphatic rings. The van der Waals surface area contributed by atoms with Gasteiger partial charge in [-0.2, -0.15) is 0 Å². The summed E-state index contributed by atoms with van der Waals surface area (Å²) in [6.45, 7) is 6.86. The summed E-state index contributed by atoms with van der Waals surface area (Å²) in [5.74, 6) is 0.615. The molecule has 0 aliphatic carbocycles. The zero-order chi connectivity index (χ0) is 13.9. The molecule has 0 aliphatic heterocycles. The van der Waals surface area contributed by atoms with Gasteiger partial charge in [0.2, 0.25) is 5.91 Å². The molecule has 0 bridgehead atoms. The number of unbranched alkanes of at least 4 members (excludes halogenated alkanes) is 1. The normalized spacial score (nSPS) is 10.4. The molecule has 1 rings (SSSR count). The van der Waals surface area contributed by atoms with E-state index in [9.17, 15) is 4.79 Å². The predicted molar refractivity (Wildman–Crippen MR) is 82.5 cm³/mol. The molecule has 0 spiro atoms. The molecule has 0 aromatic heterocycles. The molecule has 106 valence electrons. The van der Waals surface area contributed by atoms with Crippen LogP contribution in [-0.2, 0) is 11.3 Å². The molecule has 0 atom stereocenters. The van der Waals surface area contributed by atoms with Gasteiger partial charge in [0.1, 0.15) is 0 Å². The summed E-state index contributed by atoms with van der Waals surface area (Å²) in [5.41, 5.74) is 1.26. The van der Waals surface area contributed by atoms with Crippen LogP contribution in [0.4, 0.5) is 0 Å². The number of hydrogen-bond donors (Lipinski definition) is 2. The summed E-state index contributed by atoms with van der Waals surface area (Å²) >= 11 is 1.59. The SMILES string of the molecule is CCCCNC(=O)CSc1cccc(CNCC)c1. The maximum atomic E-state index is 11.6. The van der Waals surface area contributed by atoms with Gasteiger partial charge in [0.05, 0.1) is 5.75 Å². The molecule has 0 radical (unpaired) electrons. The fourth-order valence-electron chi connectivity index (χ4n) is 1.62. The van der Waals surface area contributed by atoms with Crippen molar-refractivity contribution >= 4 is 17.7 Å². The van der Waals surface area contributed by atoms with Crippen molar-refractivity contribution in [2.45, 2.75) is 38.1 Å². The lowest BCUT2D eigenvalue weighted by atomic mass is 10.2. The molecule has 1 aromatic carbocycles. The highest BCUT2D eigenvalue weighted by molar-refractivity contribution is 8.00. The van der Waals surface area contributed by atoms with Crippen LogP contribution in [0.2, 0.25) is 0 Å². The van der Waals surface area contributed by atoms with E-state index in [1.165, 1.54) is 5.56 Å². The Morgan fingerprint density at radius 1 is 1.32 bits per heavy atom. The number of nitrogens with one attached hydrogen (secondary N) is 2. The molecule has 19 heavy (non-hydrogen) atoms. The molecule has 1 aromatic rings. The van der Waals surface area contributed by atoms with Crippen LogP contribution in [0.5, 0.6) is 0 Å². The number of hydrogen-bond acceptors (Lipinski definition) is 3. The summed E-state index contributed by atoms with van der Waals surface area (Å²) in [7, 11) is 0. The van der Waals surface area contributed by atoms with Gasteiger partial charge in [-0.15, -0.1) is 11.8 Å². The van der Waals surface area contributed by atoms with E-state index in [1.54, 1.807) is 11.8 Å². The monoisotopic (exact) mass is 280 g/mol. The van der Waals surface area contributed by atoms with Crippen molar-refractivity contribution in [3.63, 3.8) is 0 Å². The van der Waals surface area contributed by atoms with E-state index in [0.717, 1.165) is 37.4 Å². The Morgan fingerprint density at radius 3 is 2.89 bits per heavy atom. The maximum Gasteiger partial charge on any atom is 0.230 e. The highest BCUT2D eigenvalue weighted by Gasteiger charge is 2.02. The highest BCUT2D eigenvalue weighted by atomic mass is 32.2. The lowest BCUT2D eigenvalue weighted by Gasteiger charge is -2.06. The van der Waals surface area contributed by atoms with Crippen molar-refractivity contribution in [3.8, 4) is 0 Å². The largest absolute Gasteiger partial charge is 0.355 e. The minimum absolute atomic E-state index is 0.121. The van der Waals surface area contributed by atoms with Gasteiger partial charge in [-0.25, -0.2) is 0 Å². The van der Waals surface area contributed by atoms with Crippen LogP contribution >= 0.6 is 11.8 Å². The molecule has 1 amide bonds. The predicted octanol–water partition coefficient (Wildman–Crippen LogP) is 2.80. The topological polar surface area (TPSA) is 41.1 Å². The Bertz CT molecular complexity index is 382. The van der Waals surface area contributed by atoms with Crippen molar-refractivity contribution in [1.29, 1.82) is 0 Å². The molecule has 0 fully saturated rings. The van der Waals surface area contributed by atoms with Gasteiger partial charge in [0.15, 0.2) is 0 Å². The number of benzene rings is 1. The van der Waals surface area contributed by atoms with Crippen molar-refractivity contribution in [3.05, 3.63) is 29.8 Å². The zero-order valence-corrected chi connectivity index (χ0v) is 12.7. The number of carbonyl (C=O) groups is 1. The van der Waals surface area contributed by atoms with Crippen molar-refractivity contribution in [1.82, 2.24) is 10.6 Å². The first-order valence-electron chi connectivity index (χ1n) is 6.95. The van der Waals surface area contributed by atoms with E-state index >= 15 is 0 Å². The first-order chi connectivity index (χ1) is 9.26. The second-order valence-corrected chi connectivity index (χ2v) is 5.47. The molecule has 0 saturated heterocycles. The Balaban J connectivity index is 2.33. The quantitative estimate of drug-likeness (QED) is 0.540. The van der Waals surface area contributed by atoms with Crippen LogP contribution in [0.25, 0.3) is 0 Å². The Hall–Kier alpha value is -1.00. The van der Waals surface area contributed by atoms with Gasteiger partial charge in [0, 0.05) is 18.0 Å². The second kappa shape index (κ2) is 9.87. The number of amides is 1. The highest BCUT2D eigenvalue weighted by Crippen LogP contribution is 2.18. The van der Waals surface area contributed by atoms with Crippen LogP contribution in [-0.4, -0.2) is 24.7 Å². The summed E-state index contributed by atoms with van der Waals surface area (Å²) in [4.78, 5) is 12.8. The molecular formula is C15H24N2OS. The fourth-order valence-corrected chi connectivity index (χ4v) is 2.43. The Morgan fingerprint density at radius 2 is 2.16 bits per heavy atom. The van der Waals surface area contributed by atoms with Crippen LogP contribution in [0.15, 0.2) is 29.2 Å². The zero-order valence-electron chi connectivity index (χ0n) is 11.9. The van der Waals surface area contributed by atoms with Crippen LogP contribution in [0.1, 0.15) is 32.3 Å². The molecule has 3 nitrogen and oxygen atoms in total. The third kappa shape index (κ3) is 7.23. The van der Waals surface area contributed by atoms with Gasteiger partial charge < -0.3 is 10.6 Å². The maximum absolute atomic E-state index is 11.6. The minimum Gasteiger partial charge on any atom is -0.355 e.